The first kappa shape index (κ1) is 16.7. The molecule has 1 unspecified atom stereocenters. The zero-order chi connectivity index (χ0) is 16.8. The minimum absolute atomic E-state index is 0.159. The molecule has 24 heavy (non-hydrogen) atoms. The van der Waals surface area contributed by atoms with Crippen LogP contribution in [-0.4, -0.2) is 31.5 Å². The summed E-state index contributed by atoms with van der Waals surface area (Å²) in [5.74, 6) is 0.843. The first-order valence-corrected chi connectivity index (χ1v) is 8.94. The molecule has 6 nitrogen and oxygen atoms in total. The third kappa shape index (κ3) is 4.24. The molecule has 1 N–H and O–H groups in total. The van der Waals surface area contributed by atoms with Crippen LogP contribution in [0.1, 0.15) is 63.6 Å². The van der Waals surface area contributed by atoms with E-state index in [9.17, 15) is 9.59 Å². The van der Waals surface area contributed by atoms with Crippen molar-refractivity contribution in [2.24, 2.45) is 5.92 Å². The lowest BCUT2D eigenvalue weighted by Crippen LogP contribution is -2.27. The van der Waals surface area contributed by atoms with Gasteiger partial charge in [-0.3, -0.25) is 9.59 Å². The van der Waals surface area contributed by atoms with Crippen molar-refractivity contribution in [1.29, 1.82) is 0 Å². The highest BCUT2D eigenvalue weighted by molar-refractivity contribution is 6.02. The predicted octanol–water partition coefficient (Wildman–Crippen LogP) is 3.17. The molecule has 1 aliphatic carbocycles. The molecule has 2 aromatic heterocycles. The van der Waals surface area contributed by atoms with Crippen LogP contribution in [0.5, 0.6) is 0 Å². The van der Waals surface area contributed by atoms with Crippen LogP contribution >= 0.6 is 0 Å². The molecular formula is C18H24N4O2. The van der Waals surface area contributed by atoms with Gasteiger partial charge < -0.3 is 4.98 Å². The molecule has 0 spiro atoms. The number of aromatic amines is 1. The number of aryl methyl sites for hydroxylation is 1. The molecule has 0 bridgehead atoms. The fraction of sp³-hybridized carbons (Fsp3) is 0.611. The van der Waals surface area contributed by atoms with Gasteiger partial charge in [-0.2, -0.15) is 0 Å². The number of hydrogen-bond donors (Lipinski definition) is 1. The van der Waals surface area contributed by atoms with E-state index >= 15 is 0 Å². The molecule has 2 heterocycles. The molecule has 128 valence electrons. The summed E-state index contributed by atoms with van der Waals surface area (Å²) < 4.78 is 0. The average molecular weight is 328 g/mol. The van der Waals surface area contributed by atoms with Gasteiger partial charge in [0.2, 0.25) is 0 Å². The third-order valence-corrected chi connectivity index (χ3v) is 4.74. The molecule has 0 radical (unpaired) electrons. The highest BCUT2D eigenvalue weighted by Crippen LogP contribution is 2.23. The number of carbonyl (C=O) groups is 2. The van der Waals surface area contributed by atoms with E-state index < -0.39 is 0 Å². The number of rotatable bonds is 8. The van der Waals surface area contributed by atoms with Gasteiger partial charge in [-0.1, -0.05) is 19.3 Å². The molecular weight excluding hydrogens is 304 g/mol. The number of imidazole rings is 1. The zero-order valence-corrected chi connectivity index (χ0v) is 14.0. The summed E-state index contributed by atoms with van der Waals surface area (Å²) in [4.78, 5) is 39.7. The summed E-state index contributed by atoms with van der Waals surface area (Å²) in [7, 11) is 0. The number of nitrogens with one attached hydrogen (secondary N) is 1. The minimum Gasteiger partial charge on any atom is -0.342 e. The normalized spacial score (nSPS) is 18.2. The summed E-state index contributed by atoms with van der Waals surface area (Å²) in [6, 6.07) is 0. The second-order valence-electron chi connectivity index (χ2n) is 6.57. The van der Waals surface area contributed by atoms with Crippen molar-refractivity contribution in [1.82, 2.24) is 19.9 Å². The standard InChI is InChI=1S/C18H24N4O2/c23-15(13-7-5-6-9-16(13)24)8-3-1-2-4-10-17-19-11-14-18(22-17)21-12-20-14/h11-13H,1-10H2,(H,19,20,21,22). The summed E-state index contributed by atoms with van der Waals surface area (Å²) in [5.41, 5.74) is 1.57. The van der Waals surface area contributed by atoms with Gasteiger partial charge >= 0.3 is 0 Å². The van der Waals surface area contributed by atoms with Crippen LogP contribution in [0, 0.1) is 5.92 Å². The van der Waals surface area contributed by atoms with Gasteiger partial charge in [0.25, 0.3) is 0 Å². The molecule has 1 aliphatic rings. The second kappa shape index (κ2) is 8.13. The molecule has 1 fully saturated rings. The predicted molar refractivity (Wildman–Crippen MR) is 90.4 cm³/mol. The first-order valence-electron chi connectivity index (χ1n) is 8.94. The monoisotopic (exact) mass is 328 g/mol. The summed E-state index contributed by atoms with van der Waals surface area (Å²) >= 11 is 0. The Morgan fingerprint density at radius 2 is 2.04 bits per heavy atom. The van der Waals surface area contributed by atoms with Gasteiger partial charge in [-0.15, -0.1) is 0 Å². The van der Waals surface area contributed by atoms with E-state index in [1.165, 1.54) is 0 Å². The van der Waals surface area contributed by atoms with Gasteiger partial charge in [0.1, 0.15) is 22.9 Å². The SMILES string of the molecule is O=C(CCCCCCc1ncc2[nH]cnc2n1)C1CCCCC1=O. The quantitative estimate of drug-likeness (QED) is 0.594. The van der Waals surface area contributed by atoms with Crippen LogP contribution in [0.2, 0.25) is 0 Å². The zero-order valence-electron chi connectivity index (χ0n) is 14.0. The van der Waals surface area contributed by atoms with Crippen molar-refractivity contribution in [3.05, 3.63) is 18.3 Å². The van der Waals surface area contributed by atoms with Crippen molar-refractivity contribution in [3.63, 3.8) is 0 Å². The Morgan fingerprint density at radius 3 is 2.92 bits per heavy atom. The molecule has 2 aromatic rings. The number of aromatic nitrogens is 4. The smallest absolute Gasteiger partial charge is 0.180 e. The van der Waals surface area contributed by atoms with Crippen LogP contribution < -0.4 is 0 Å². The van der Waals surface area contributed by atoms with Crippen molar-refractivity contribution in [2.45, 2.75) is 64.2 Å². The van der Waals surface area contributed by atoms with Crippen LogP contribution in [-0.2, 0) is 16.0 Å². The topological polar surface area (TPSA) is 88.6 Å². The van der Waals surface area contributed by atoms with Crippen molar-refractivity contribution >= 4 is 22.7 Å². The maximum atomic E-state index is 12.1. The number of hydrogen-bond acceptors (Lipinski definition) is 5. The number of H-pyrrole nitrogens is 1. The second-order valence-corrected chi connectivity index (χ2v) is 6.57. The highest BCUT2D eigenvalue weighted by Gasteiger charge is 2.27. The van der Waals surface area contributed by atoms with E-state index in [0.717, 1.165) is 62.7 Å². The molecule has 3 rings (SSSR count). The van der Waals surface area contributed by atoms with Crippen molar-refractivity contribution in [2.75, 3.05) is 0 Å². The number of ketones is 2. The van der Waals surface area contributed by atoms with E-state index in [2.05, 4.69) is 19.9 Å². The van der Waals surface area contributed by atoms with E-state index in [1.54, 1.807) is 12.5 Å². The molecule has 1 atom stereocenters. The Labute approximate surface area is 141 Å². The Kier molecular flexibility index (Phi) is 5.67. The molecule has 0 aromatic carbocycles. The van der Waals surface area contributed by atoms with Gasteiger partial charge in [0.15, 0.2) is 5.65 Å². The summed E-state index contributed by atoms with van der Waals surface area (Å²) in [6.07, 6.45) is 12.0. The number of fused-ring (bicyclic) bond motifs is 1. The van der Waals surface area contributed by atoms with E-state index in [-0.39, 0.29) is 17.5 Å². The molecule has 6 heteroatoms. The minimum atomic E-state index is -0.298. The number of unbranched alkanes of at least 4 members (excludes halogenated alkanes) is 3. The number of nitrogens with zero attached hydrogens (tertiary/aromatic N) is 3. The van der Waals surface area contributed by atoms with Gasteiger partial charge in [-0.05, 0) is 25.7 Å². The molecule has 0 aliphatic heterocycles. The average Bonchev–Trinajstić information content (AvgIpc) is 3.06. The van der Waals surface area contributed by atoms with Gasteiger partial charge in [0.05, 0.1) is 18.4 Å². The fourth-order valence-electron chi connectivity index (χ4n) is 3.33. The summed E-state index contributed by atoms with van der Waals surface area (Å²) in [5, 5.41) is 0. The van der Waals surface area contributed by atoms with Gasteiger partial charge in [-0.25, -0.2) is 15.0 Å². The third-order valence-electron chi connectivity index (χ3n) is 4.74. The molecule has 0 saturated heterocycles. The fourth-order valence-corrected chi connectivity index (χ4v) is 3.33. The van der Waals surface area contributed by atoms with E-state index in [0.29, 0.717) is 18.5 Å². The maximum absolute atomic E-state index is 12.1. The lowest BCUT2D eigenvalue weighted by Gasteiger charge is -2.18. The Balaban J connectivity index is 1.32. The van der Waals surface area contributed by atoms with Gasteiger partial charge in [0, 0.05) is 19.3 Å². The lowest BCUT2D eigenvalue weighted by molar-refractivity contribution is -0.134. The number of Topliss-reactive ketones (excluding diaryl/α,β-unsaturated/α-hetero) is 2. The lowest BCUT2D eigenvalue weighted by atomic mass is 9.83. The molecule has 0 amide bonds. The Hall–Kier alpha value is -2.11. The maximum Gasteiger partial charge on any atom is 0.180 e. The molecule has 1 saturated carbocycles. The number of carbonyl (C=O) groups excluding carboxylic acids is 2. The van der Waals surface area contributed by atoms with Crippen LogP contribution in [0.4, 0.5) is 0 Å². The highest BCUT2D eigenvalue weighted by atomic mass is 16.1. The Morgan fingerprint density at radius 1 is 1.17 bits per heavy atom. The van der Waals surface area contributed by atoms with E-state index in [1.807, 2.05) is 0 Å². The summed E-state index contributed by atoms with van der Waals surface area (Å²) in [6.45, 7) is 0. The largest absolute Gasteiger partial charge is 0.342 e. The van der Waals surface area contributed by atoms with Crippen LogP contribution in [0.25, 0.3) is 11.2 Å². The van der Waals surface area contributed by atoms with Crippen molar-refractivity contribution < 1.29 is 9.59 Å². The van der Waals surface area contributed by atoms with Crippen molar-refractivity contribution in [3.8, 4) is 0 Å². The Bertz CT molecular complexity index is 710. The first-order chi connectivity index (χ1) is 11.7. The van der Waals surface area contributed by atoms with E-state index in [4.69, 9.17) is 0 Å². The van der Waals surface area contributed by atoms with Crippen LogP contribution in [0.15, 0.2) is 12.5 Å². The van der Waals surface area contributed by atoms with Crippen LogP contribution in [0.3, 0.4) is 0 Å².